The Kier molecular flexibility index (Phi) is 4.00. The van der Waals surface area contributed by atoms with Crippen LogP contribution in [-0.4, -0.2) is 10.1 Å². The second-order valence-corrected chi connectivity index (χ2v) is 5.89. The van der Waals surface area contributed by atoms with Crippen molar-refractivity contribution in [1.82, 2.24) is 4.98 Å². The van der Waals surface area contributed by atoms with Crippen LogP contribution in [0.1, 0.15) is 11.3 Å². The van der Waals surface area contributed by atoms with Gasteiger partial charge in [-0.1, -0.05) is 39.7 Å². The molecular weight excluding hydrogens is 370 g/mol. The van der Waals surface area contributed by atoms with Crippen LogP contribution in [0.5, 0.6) is 0 Å². The molecule has 0 atom stereocenters. The van der Waals surface area contributed by atoms with E-state index in [2.05, 4.69) is 20.9 Å². The highest BCUT2D eigenvalue weighted by Gasteiger charge is 2.08. The molecule has 1 aromatic heterocycles. The zero-order valence-corrected chi connectivity index (χ0v) is 13.4. The lowest BCUT2D eigenvalue weighted by Gasteiger charge is -2.02. The molecule has 0 radical (unpaired) electrons. The van der Waals surface area contributed by atoms with Crippen LogP contribution in [0.3, 0.4) is 0 Å². The van der Waals surface area contributed by atoms with E-state index in [1.54, 1.807) is 36.4 Å². The minimum absolute atomic E-state index is 0.00671. The SMILES string of the molecule is O=c1oc2ccc(Cl)cc2nc1C=C(O)c1cccc(Br)c1. The van der Waals surface area contributed by atoms with Crippen LogP contribution >= 0.6 is 27.5 Å². The normalized spacial score (nSPS) is 11.8. The van der Waals surface area contributed by atoms with Crippen molar-refractivity contribution in [1.29, 1.82) is 0 Å². The van der Waals surface area contributed by atoms with Gasteiger partial charge in [-0.3, -0.25) is 0 Å². The first-order chi connectivity index (χ1) is 10.5. The summed E-state index contributed by atoms with van der Waals surface area (Å²) in [6.45, 7) is 0. The molecule has 4 nitrogen and oxygen atoms in total. The van der Waals surface area contributed by atoms with Crippen molar-refractivity contribution in [3.8, 4) is 0 Å². The van der Waals surface area contributed by atoms with Gasteiger partial charge in [-0.05, 0) is 30.3 Å². The zero-order chi connectivity index (χ0) is 15.7. The molecule has 0 aliphatic heterocycles. The Hall–Kier alpha value is -2.11. The van der Waals surface area contributed by atoms with Crippen molar-refractivity contribution in [2.75, 3.05) is 0 Å². The van der Waals surface area contributed by atoms with Crippen molar-refractivity contribution in [3.05, 3.63) is 73.6 Å². The van der Waals surface area contributed by atoms with Gasteiger partial charge >= 0.3 is 5.63 Å². The first-order valence-corrected chi connectivity index (χ1v) is 7.47. The molecular formula is C16H9BrClNO3. The van der Waals surface area contributed by atoms with Crippen molar-refractivity contribution < 1.29 is 9.52 Å². The summed E-state index contributed by atoms with van der Waals surface area (Å²) in [5.41, 5.74) is 0.722. The molecule has 1 N–H and O–H groups in total. The van der Waals surface area contributed by atoms with Gasteiger partial charge < -0.3 is 9.52 Å². The van der Waals surface area contributed by atoms with Gasteiger partial charge in [0, 0.05) is 21.1 Å². The van der Waals surface area contributed by atoms with Crippen LogP contribution < -0.4 is 5.63 Å². The Balaban J connectivity index is 2.11. The maximum atomic E-state index is 11.9. The number of nitrogens with zero attached hydrogens (tertiary/aromatic N) is 1. The molecule has 0 aliphatic rings. The number of fused-ring (bicyclic) bond motifs is 1. The number of rotatable bonds is 2. The fraction of sp³-hybridized carbons (Fsp3) is 0. The largest absolute Gasteiger partial charge is 0.507 e. The van der Waals surface area contributed by atoms with Crippen LogP contribution in [0.25, 0.3) is 22.9 Å². The van der Waals surface area contributed by atoms with E-state index < -0.39 is 5.63 Å². The summed E-state index contributed by atoms with van der Waals surface area (Å²) in [6, 6.07) is 11.8. The smallest absolute Gasteiger partial charge is 0.362 e. The second kappa shape index (κ2) is 5.94. The monoisotopic (exact) mass is 377 g/mol. The molecule has 3 aromatic rings. The molecule has 0 aliphatic carbocycles. The van der Waals surface area contributed by atoms with Crippen LogP contribution in [-0.2, 0) is 0 Å². The van der Waals surface area contributed by atoms with Crippen molar-refractivity contribution in [2.24, 2.45) is 0 Å². The highest BCUT2D eigenvalue weighted by Crippen LogP contribution is 2.20. The van der Waals surface area contributed by atoms with E-state index >= 15 is 0 Å². The Morgan fingerprint density at radius 3 is 2.86 bits per heavy atom. The summed E-state index contributed by atoms with van der Waals surface area (Å²) in [4.78, 5) is 16.1. The summed E-state index contributed by atoms with van der Waals surface area (Å²) in [5.74, 6) is -0.0810. The van der Waals surface area contributed by atoms with E-state index in [0.29, 0.717) is 21.7 Å². The molecule has 3 rings (SSSR count). The van der Waals surface area contributed by atoms with Crippen LogP contribution in [0.15, 0.2) is 56.1 Å². The predicted octanol–water partition coefficient (Wildman–Crippen LogP) is 4.66. The zero-order valence-electron chi connectivity index (χ0n) is 11.1. The summed E-state index contributed by atoms with van der Waals surface area (Å²) < 4.78 is 5.98. The molecule has 2 aromatic carbocycles. The molecule has 0 spiro atoms. The number of aliphatic hydroxyl groups is 1. The molecule has 22 heavy (non-hydrogen) atoms. The molecule has 0 saturated heterocycles. The lowest BCUT2D eigenvalue weighted by molar-refractivity contribution is 0.514. The summed E-state index contributed by atoms with van der Waals surface area (Å²) in [5, 5.41) is 10.6. The van der Waals surface area contributed by atoms with Crippen LogP contribution in [0, 0.1) is 0 Å². The third-order valence-corrected chi connectivity index (χ3v) is 3.70. The van der Waals surface area contributed by atoms with E-state index in [1.165, 1.54) is 6.08 Å². The maximum absolute atomic E-state index is 11.9. The Labute approximate surface area is 138 Å². The number of hydrogen-bond acceptors (Lipinski definition) is 4. The van der Waals surface area contributed by atoms with Gasteiger partial charge in [-0.2, -0.15) is 0 Å². The Bertz CT molecular complexity index is 950. The molecule has 0 unspecified atom stereocenters. The Morgan fingerprint density at radius 2 is 2.09 bits per heavy atom. The van der Waals surface area contributed by atoms with Gasteiger partial charge in [0.1, 0.15) is 11.3 Å². The number of halogens is 2. The lowest BCUT2D eigenvalue weighted by Crippen LogP contribution is -2.06. The first kappa shape index (κ1) is 14.8. The van der Waals surface area contributed by atoms with Crippen LogP contribution in [0.2, 0.25) is 5.02 Å². The topological polar surface area (TPSA) is 63.3 Å². The van der Waals surface area contributed by atoms with Crippen molar-refractivity contribution in [3.63, 3.8) is 0 Å². The molecule has 0 saturated carbocycles. The average Bonchev–Trinajstić information content (AvgIpc) is 2.48. The Morgan fingerprint density at radius 1 is 1.27 bits per heavy atom. The highest BCUT2D eigenvalue weighted by molar-refractivity contribution is 9.10. The molecule has 1 heterocycles. The summed E-state index contributed by atoms with van der Waals surface area (Å²) in [7, 11) is 0. The quantitative estimate of drug-likeness (QED) is 0.659. The highest BCUT2D eigenvalue weighted by atomic mass is 79.9. The molecule has 110 valence electrons. The summed E-state index contributed by atoms with van der Waals surface area (Å²) >= 11 is 9.22. The standard InChI is InChI=1S/C16H9BrClNO3/c17-10-3-1-2-9(6-10)14(20)8-13-16(21)22-15-5-4-11(18)7-12(15)19-13/h1-8,20H. The van der Waals surface area contributed by atoms with Crippen molar-refractivity contribution >= 4 is 50.5 Å². The number of aliphatic hydroxyl groups excluding tert-OH is 1. The fourth-order valence-electron chi connectivity index (χ4n) is 1.94. The predicted molar refractivity (Wildman–Crippen MR) is 89.9 cm³/mol. The molecule has 0 fully saturated rings. The number of hydrogen-bond donors (Lipinski definition) is 1. The minimum atomic E-state index is -0.628. The van der Waals surface area contributed by atoms with E-state index in [4.69, 9.17) is 16.0 Å². The maximum Gasteiger partial charge on any atom is 0.362 e. The van der Waals surface area contributed by atoms with Gasteiger partial charge in [0.25, 0.3) is 0 Å². The van der Waals surface area contributed by atoms with Crippen LogP contribution in [0.4, 0.5) is 0 Å². The van der Waals surface area contributed by atoms with Gasteiger partial charge in [-0.15, -0.1) is 0 Å². The lowest BCUT2D eigenvalue weighted by atomic mass is 10.1. The third-order valence-electron chi connectivity index (χ3n) is 2.97. The van der Waals surface area contributed by atoms with Gasteiger partial charge in [-0.25, -0.2) is 9.78 Å². The van der Waals surface area contributed by atoms with Gasteiger partial charge in [0.15, 0.2) is 11.3 Å². The summed E-state index contributed by atoms with van der Waals surface area (Å²) in [6.07, 6.45) is 1.27. The first-order valence-electron chi connectivity index (χ1n) is 6.30. The van der Waals surface area contributed by atoms with Gasteiger partial charge in [0.05, 0.1) is 0 Å². The van der Waals surface area contributed by atoms with E-state index in [0.717, 1.165) is 4.47 Å². The molecule has 6 heteroatoms. The third kappa shape index (κ3) is 3.05. The second-order valence-electron chi connectivity index (χ2n) is 4.54. The number of benzene rings is 2. The molecule has 0 bridgehead atoms. The average molecular weight is 379 g/mol. The van der Waals surface area contributed by atoms with E-state index in [9.17, 15) is 9.90 Å². The number of aromatic nitrogens is 1. The van der Waals surface area contributed by atoms with E-state index in [-0.39, 0.29) is 11.5 Å². The fourth-order valence-corrected chi connectivity index (χ4v) is 2.51. The van der Waals surface area contributed by atoms with E-state index in [1.807, 2.05) is 6.07 Å². The molecule has 0 amide bonds. The van der Waals surface area contributed by atoms with Crippen molar-refractivity contribution in [2.45, 2.75) is 0 Å². The minimum Gasteiger partial charge on any atom is -0.507 e. The van der Waals surface area contributed by atoms with Gasteiger partial charge in [0.2, 0.25) is 0 Å².